The first-order valence-corrected chi connectivity index (χ1v) is 13.0. The highest BCUT2D eigenvalue weighted by Gasteiger charge is 2.30. The fourth-order valence-electron chi connectivity index (χ4n) is 3.60. The number of nitrogens with one attached hydrogen (secondary N) is 1. The highest BCUT2D eigenvalue weighted by Crippen LogP contribution is 2.32. The Bertz CT molecular complexity index is 1360. The van der Waals surface area contributed by atoms with Gasteiger partial charge in [-0.05, 0) is 61.4 Å². The maximum Gasteiger partial charge on any atom is 0.310 e. The molecule has 3 aromatic carbocycles. The van der Waals surface area contributed by atoms with E-state index < -0.39 is 22.5 Å². The highest BCUT2D eigenvalue weighted by molar-refractivity contribution is 7.93. The number of carbonyl (C=O) groups is 2. The van der Waals surface area contributed by atoms with Crippen molar-refractivity contribution in [2.24, 2.45) is 0 Å². The predicted octanol–water partition coefficient (Wildman–Crippen LogP) is 3.95. The second kappa shape index (κ2) is 12.3. The molecule has 9 nitrogen and oxygen atoms in total. The minimum absolute atomic E-state index is 0.0612. The van der Waals surface area contributed by atoms with Gasteiger partial charge in [0.1, 0.15) is 22.9 Å². The average Bonchev–Trinajstić information content (AvgIpc) is 2.88. The van der Waals surface area contributed by atoms with Gasteiger partial charge in [0.15, 0.2) is 0 Å². The number of aryl methyl sites for hydroxylation is 1. The molecule has 0 fully saturated rings. The number of rotatable bonds is 11. The molecule has 0 aromatic heterocycles. The lowest BCUT2D eigenvalue weighted by molar-refractivity contribution is -0.142. The predicted molar refractivity (Wildman–Crippen MR) is 141 cm³/mol. The van der Waals surface area contributed by atoms with Crippen LogP contribution in [0.15, 0.2) is 71.6 Å². The minimum Gasteiger partial charge on any atom is -0.497 e. The number of methoxy groups -OCH3 is 2. The van der Waals surface area contributed by atoms with Gasteiger partial charge in [-0.3, -0.25) is 13.9 Å². The molecular weight excluding hydrogens is 496 g/mol. The van der Waals surface area contributed by atoms with Crippen molar-refractivity contribution in [3.05, 3.63) is 77.9 Å². The Balaban J connectivity index is 1.90. The summed E-state index contributed by atoms with van der Waals surface area (Å²) in [6, 6.07) is 17.9. The fourth-order valence-corrected chi connectivity index (χ4v) is 5.26. The number of benzene rings is 3. The van der Waals surface area contributed by atoms with Gasteiger partial charge in [0.05, 0.1) is 32.9 Å². The van der Waals surface area contributed by atoms with Crippen molar-refractivity contribution < 1.29 is 32.2 Å². The van der Waals surface area contributed by atoms with E-state index in [9.17, 15) is 18.0 Å². The van der Waals surface area contributed by atoms with Gasteiger partial charge in [0.2, 0.25) is 5.91 Å². The van der Waals surface area contributed by atoms with E-state index in [0.717, 1.165) is 15.4 Å². The van der Waals surface area contributed by atoms with E-state index in [1.807, 2.05) is 0 Å². The molecule has 3 aromatic rings. The van der Waals surface area contributed by atoms with Crippen LogP contribution in [0.2, 0.25) is 0 Å². The van der Waals surface area contributed by atoms with Gasteiger partial charge in [0, 0.05) is 11.8 Å². The summed E-state index contributed by atoms with van der Waals surface area (Å²) in [5, 5.41) is 2.72. The van der Waals surface area contributed by atoms with E-state index in [2.05, 4.69) is 5.32 Å². The minimum atomic E-state index is -4.22. The van der Waals surface area contributed by atoms with E-state index in [1.165, 1.54) is 26.4 Å². The van der Waals surface area contributed by atoms with Crippen molar-refractivity contribution in [1.29, 1.82) is 0 Å². The molecule has 1 amide bonds. The molecule has 0 aliphatic rings. The molecule has 0 bridgehead atoms. The zero-order valence-electron chi connectivity index (χ0n) is 21.2. The number of nitrogens with zero attached hydrogens (tertiary/aromatic N) is 1. The van der Waals surface area contributed by atoms with Gasteiger partial charge in [-0.1, -0.05) is 24.3 Å². The SMILES string of the molecule is CCOC(=O)Cc1ccc(NC(=O)CN(c2cccc(OC)c2)S(=O)(=O)c2cc(C)ccc2OC)cc1. The molecule has 0 atom stereocenters. The monoisotopic (exact) mass is 526 g/mol. The molecule has 3 rings (SSSR count). The molecule has 10 heteroatoms. The van der Waals surface area contributed by atoms with Gasteiger partial charge in [-0.25, -0.2) is 8.42 Å². The van der Waals surface area contributed by atoms with Crippen LogP contribution in [0.3, 0.4) is 0 Å². The van der Waals surface area contributed by atoms with E-state index in [0.29, 0.717) is 18.0 Å². The molecule has 1 N–H and O–H groups in total. The quantitative estimate of drug-likeness (QED) is 0.377. The summed E-state index contributed by atoms with van der Waals surface area (Å²) in [4.78, 5) is 24.7. The Morgan fingerprint density at radius 3 is 2.32 bits per heavy atom. The van der Waals surface area contributed by atoms with Crippen LogP contribution >= 0.6 is 0 Å². The summed E-state index contributed by atoms with van der Waals surface area (Å²) in [6.07, 6.45) is 0.113. The van der Waals surface area contributed by atoms with E-state index in [-0.39, 0.29) is 28.7 Å². The van der Waals surface area contributed by atoms with Crippen LogP contribution < -0.4 is 19.1 Å². The third kappa shape index (κ3) is 7.01. The first-order chi connectivity index (χ1) is 17.7. The van der Waals surface area contributed by atoms with Gasteiger partial charge in [-0.2, -0.15) is 0 Å². The number of hydrogen-bond donors (Lipinski definition) is 1. The van der Waals surface area contributed by atoms with Gasteiger partial charge >= 0.3 is 5.97 Å². The van der Waals surface area contributed by atoms with Crippen LogP contribution in [0, 0.1) is 6.92 Å². The zero-order chi connectivity index (χ0) is 27.0. The zero-order valence-corrected chi connectivity index (χ0v) is 22.0. The molecule has 0 heterocycles. The van der Waals surface area contributed by atoms with Gasteiger partial charge < -0.3 is 19.5 Å². The summed E-state index contributed by atoms with van der Waals surface area (Å²) in [5.74, 6) is -0.302. The number of amides is 1. The summed E-state index contributed by atoms with van der Waals surface area (Å²) < 4.78 is 44.2. The second-order valence-corrected chi connectivity index (χ2v) is 9.93. The lowest BCUT2D eigenvalue weighted by atomic mass is 10.1. The van der Waals surface area contributed by atoms with Crippen LogP contribution in [-0.4, -0.2) is 47.7 Å². The Kier molecular flexibility index (Phi) is 9.13. The first-order valence-electron chi connectivity index (χ1n) is 11.5. The Morgan fingerprint density at radius 2 is 1.68 bits per heavy atom. The number of carbonyl (C=O) groups excluding carboxylic acids is 2. The van der Waals surface area contributed by atoms with Gasteiger partial charge in [0.25, 0.3) is 10.0 Å². The van der Waals surface area contributed by atoms with Crippen molar-refractivity contribution >= 4 is 33.3 Å². The maximum atomic E-state index is 13.8. The van der Waals surface area contributed by atoms with E-state index in [4.69, 9.17) is 14.2 Å². The topological polar surface area (TPSA) is 111 Å². The van der Waals surface area contributed by atoms with Gasteiger partial charge in [-0.15, -0.1) is 0 Å². The van der Waals surface area contributed by atoms with Crippen molar-refractivity contribution in [1.82, 2.24) is 0 Å². The van der Waals surface area contributed by atoms with Crippen LogP contribution in [-0.2, 0) is 30.8 Å². The maximum absolute atomic E-state index is 13.8. The first kappa shape index (κ1) is 27.5. The summed E-state index contributed by atoms with van der Waals surface area (Å²) in [7, 11) is -1.36. The molecule has 0 radical (unpaired) electrons. The van der Waals surface area contributed by atoms with Crippen molar-refractivity contribution in [3.63, 3.8) is 0 Å². The molecule has 0 saturated carbocycles. The summed E-state index contributed by atoms with van der Waals surface area (Å²) in [6.45, 7) is 3.30. The molecule has 37 heavy (non-hydrogen) atoms. The standard InChI is InChI=1S/C27H30N2O7S/c1-5-36-27(31)16-20-10-12-21(13-11-20)28-26(30)18-29(22-7-6-8-23(17-22)34-3)37(32,33)25-15-19(2)9-14-24(25)35-4/h6-15,17H,5,16,18H2,1-4H3,(H,28,30). The Labute approximate surface area is 217 Å². The molecule has 196 valence electrons. The highest BCUT2D eigenvalue weighted by atomic mass is 32.2. The number of hydrogen-bond acceptors (Lipinski definition) is 7. The summed E-state index contributed by atoms with van der Waals surface area (Å²) in [5.41, 5.74) is 2.15. The normalized spacial score (nSPS) is 10.9. The molecule has 0 aliphatic carbocycles. The van der Waals surface area contributed by atoms with Crippen LogP contribution in [0.1, 0.15) is 18.1 Å². The molecule has 0 spiro atoms. The average molecular weight is 527 g/mol. The fraction of sp³-hybridized carbons (Fsp3) is 0.259. The third-order valence-electron chi connectivity index (χ3n) is 5.41. The van der Waals surface area contributed by atoms with Crippen LogP contribution in [0.25, 0.3) is 0 Å². The van der Waals surface area contributed by atoms with E-state index in [1.54, 1.807) is 68.4 Å². The van der Waals surface area contributed by atoms with E-state index >= 15 is 0 Å². The molecular formula is C27H30N2O7S. The Hall–Kier alpha value is -4.05. The lowest BCUT2D eigenvalue weighted by Crippen LogP contribution is -2.38. The number of esters is 1. The van der Waals surface area contributed by atoms with Crippen molar-refractivity contribution in [2.45, 2.75) is 25.2 Å². The second-order valence-electron chi connectivity index (χ2n) is 8.09. The molecule has 0 saturated heterocycles. The third-order valence-corrected chi connectivity index (χ3v) is 7.20. The number of sulfonamides is 1. The largest absolute Gasteiger partial charge is 0.497 e. The van der Waals surface area contributed by atoms with Crippen LogP contribution in [0.5, 0.6) is 11.5 Å². The smallest absolute Gasteiger partial charge is 0.310 e. The molecule has 0 unspecified atom stereocenters. The number of ether oxygens (including phenoxy) is 3. The molecule has 0 aliphatic heterocycles. The van der Waals surface area contributed by atoms with Crippen molar-refractivity contribution in [3.8, 4) is 11.5 Å². The summed E-state index contributed by atoms with van der Waals surface area (Å²) >= 11 is 0. The van der Waals surface area contributed by atoms with Crippen molar-refractivity contribution in [2.75, 3.05) is 37.0 Å². The van der Waals surface area contributed by atoms with Crippen LogP contribution in [0.4, 0.5) is 11.4 Å². The number of anilines is 2. The lowest BCUT2D eigenvalue weighted by Gasteiger charge is -2.25. The Morgan fingerprint density at radius 1 is 0.946 bits per heavy atom.